The van der Waals surface area contributed by atoms with Crippen molar-refractivity contribution in [2.45, 2.75) is 25.7 Å². The van der Waals surface area contributed by atoms with Crippen molar-refractivity contribution in [2.24, 2.45) is 0 Å². The maximum Gasteiger partial charge on any atom is 0.335 e. The van der Waals surface area contributed by atoms with Gasteiger partial charge in [-0.2, -0.15) is 5.26 Å². The second-order valence-electron chi connectivity index (χ2n) is 5.98. The lowest BCUT2D eigenvalue weighted by atomic mass is 10.0. The van der Waals surface area contributed by atoms with Gasteiger partial charge in [0.2, 0.25) is 0 Å². The molecule has 2 heterocycles. The number of carboxylic acid groups (broad SMARTS) is 1. The Bertz CT molecular complexity index is 793. The lowest BCUT2D eigenvalue weighted by Crippen LogP contribution is -2.24. The fourth-order valence-corrected chi connectivity index (χ4v) is 3.09. The fraction of sp³-hybridized carbons (Fsp3) is 0.316. The van der Waals surface area contributed by atoms with E-state index in [-0.39, 0.29) is 18.0 Å². The zero-order valence-corrected chi connectivity index (χ0v) is 14.6. The van der Waals surface area contributed by atoms with Crippen molar-refractivity contribution in [3.63, 3.8) is 0 Å². The van der Waals surface area contributed by atoms with Crippen LogP contribution in [0.25, 0.3) is 11.3 Å². The summed E-state index contributed by atoms with van der Waals surface area (Å²) < 4.78 is 0. The van der Waals surface area contributed by atoms with Gasteiger partial charge < -0.3 is 10.0 Å². The van der Waals surface area contributed by atoms with Gasteiger partial charge in [-0.1, -0.05) is 18.9 Å². The van der Waals surface area contributed by atoms with Crippen molar-refractivity contribution < 1.29 is 9.90 Å². The van der Waals surface area contributed by atoms with Crippen LogP contribution in [0.1, 0.15) is 41.6 Å². The number of aromatic carboxylic acids is 1. The molecule has 1 N–H and O–H groups in total. The first-order chi connectivity index (χ1) is 11.7. The highest BCUT2D eigenvalue weighted by Crippen LogP contribution is 2.28. The molecule has 0 radical (unpaired) electrons. The lowest BCUT2D eigenvalue weighted by molar-refractivity contribution is 0.0697. The zero-order chi connectivity index (χ0) is 16.9. The number of nitriles is 1. The van der Waals surface area contributed by atoms with Gasteiger partial charge in [0, 0.05) is 24.8 Å². The number of hydrogen-bond acceptors (Lipinski definition) is 4. The molecule has 5 nitrogen and oxygen atoms in total. The Morgan fingerprint density at radius 3 is 2.48 bits per heavy atom. The lowest BCUT2D eigenvalue weighted by Gasteiger charge is -2.24. The number of hydrogen-bond donors (Lipinski definition) is 1. The van der Waals surface area contributed by atoms with Crippen LogP contribution in [0.15, 0.2) is 36.5 Å². The summed E-state index contributed by atoms with van der Waals surface area (Å²) in [7, 11) is 0. The Hall–Kier alpha value is -2.58. The number of benzene rings is 1. The van der Waals surface area contributed by atoms with Crippen LogP contribution < -0.4 is 4.90 Å². The molecule has 0 atom stereocenters. The van der Waals surface area contributed by atoms with E-state index in [1.165, 1.54) is 31.2 Å². The summed E-state index contributed by atoms with van der Waals surface area (Å²) in [5.74, 6) is -0.986. The largest absolute Gasteiger partial charge is 0.478 e. The minimum Gasteiger partial charge on any atom is -0.478 e. The molecule has 1 fully saturated rings. The van der Waals surface area contributed by atoms with Crippen LogP contribution in [0.3, 0.4) is 0 Å². The number of carboxylic acids is 1. The zero-order valence-electron chi connectivity index (χ0n) is 13.8. The third kappa shape index (κ3) is 4.28. The third-order valence-corrected chi connectivity index (χ3v) is 4.37. The second-order valence-corrected chi connectivity index (χ2v) is 5.98. The van der Waals surface area contributed by atoms with Crippen molar-refractivity contribution >= 4 is 24.1 Å². The van der Waals surface area contributed by atoms with E-state index in [1.54, 1.807) is 6.07 Å². The topological polar surface area (TPSA) is 77.2 Å². The molecule has 0 bridgehead atoms. The van der Waals surface area contributed by atoms with Crippen LogP contribution in [-0.2, 0) is 0 Å². The van der Waals surface area contributed by atoms with Gasteiger partial charge in [0.15, 0.2) is 0 Å². The quantitative estimate of drug-likeness (QED) is 0.893. The number of rotatable bonds is 3. The molecule has 3 rings (SSSR count). The molecule has 130 valence electrons. The molecule has 1 saturated heterocycles. The molecule has 0 spiro atoms. The summed E-state index contributed by atoms with van der Waals surface area (Å²) in [5.41, 5.74) is 3.08. The fourth-order valence-electron chi connectivity index (χ4n) is 3.09. The van der Waals surface area contributed by atoms with Crippen LogP contribution in [0.5, 0.6) is 0 Å². The number of aromatic nitrogens is 1. The van der Waals surface area contributed by atoms with E-state index >= 15 is 0 Å². The first-order valence-electron chi connectivity index (χ1n) is 8.18. The molecule has 25 heavy (non-hydrogen) atoms. The maximum atomic E-state index is 11.1. The number of pyridine rings is 1. The van der Waals surface area contributed by atoms with Gasteiger partial charge in [-0.15, -0.1) is 12.4 Å². The second kappa shape index (κ2) is 8.50. The highest BCUT2D eigenvalue weighted by atomic mass is 35.5. The van der Waals surface area contributed by atoms with E-state index in [1.807, 2.05) is 12.1 Å². The number of nitrogens with zero attached hydrogens (tertiary/aromatic N) is 3. The van der Waals surface area contributed by atoms with Gasteiger partial charge in [0.25, 0.3) is 0 Å². The van der Waals surface area contributed by atoms with E-state index in [2.05, 4.69) is 16.0 Å². The average Bonchev–Trinajstić information content (AvgIpc) is 2.90. The molecular formula is C19H20ClN3O2. The standard InChI is InChI=1S/C19H19N3O2.ClH/c20-13-16-11-14(17-12-15(19(23)24)7-8-21-17)5-6-18(16)22-9-3-1-2-4-10-22;/h5-8,11-12H,1-4,9-10H2,(H,23,24);1H. The van der Waals surface area contributed by atoms with E-state index in [0.717, 1.165) is 37.2 Å². The third-order valence-electron chi connectivity index (χ3n) is 4.37. The monoisotopic (exact) mass is 357 g/mol. The van der Waals surface area contributed by atoms with Crippen LogP contribution in [0, 0.1) is 11.3 Å². The van der Waals surface area contributed by atoms with Gasteiger partial charge in [0.05, 0.1) is 22.5 Å². The molecule has 0 unspecified atom stereocenters. The Morgan fingerprint density at radius 1 is 1.12 bits per heavy atom. The molecule has 6 heteroatoms. The van der Waals surface area contributed by atoms with Gasteiger partial charge in [-0.3, -0.25) is 4.98 Å². The molecule has 2 aromatic rings. The van der Waals surface area contributed by atoms with E-state index < -0.39 is 5.97 Å². The number of halogens is 1. The molecule has 0 saturated carbocycles. The first kappa shape index (κ1) is 18.8. The van der Waals surface area contributed by atoms with Crippen LogP contribution in [0.4, 0.5) is 5.69 Å². The van der Waals surface area contributed by atoms with Gasteiger partial charge in [-0.25, -0.2) is 4.79 Å². The summed E-state index contributed by atoms with van der Waals surface area (Å²) in [6, 6.07) is 10.9. The number of anilines is 1. The Morgan fingerprint density at radius 2 is 1.84 bits per heavy atom. The van der Waals surface area contributed by atoms with Crippen molar-refractivity contribution in [2.75, 3.05) is 18.0 Å². The summed E-state index contributed by atoms with van der Waals surface area (Å²) in [5, 5.41) is 18.7. The minimum atomic E-state index is -0.986. The Kier molecular flexibility index (Phi) is 6.37. The van der Waals surface area contributed by atoms with E-state index in [9.17, 15) is 10.1 Å². The normalized spacial score (nSPS) is 14.1. The molecule has 1 aromatic heterocycles. The SMILES string of the molecule is Cl.N#Cc1cc(-c2cc(C(=O)O)ccn2)ccc1N1CCCCCC1. The Labute approximate surface area is 153 Å². The smallest absolute Gasteiger partial charge is 0.335 e. The molecule has 1 aliphatic heterocycles. The van der Waals surface area contributed by atoms with Gasteiger partial charge >= 0.3 is 5.97 Å². The summed E-state index contributed by atoms with van der Waals surface area (Å²) in [4.78, 5) is 17.6. The molecular weight excluding hydrogens is 338 g/mol. The summed E-state index contributed by atoms with van der Waals surface area (Å²) in [6.07, 6.45) is 6.25. The van der Waals surface area contributed by atoms with Gasteiger partial charge in [-0.05, 0) is 37.1 Å². The predicted molar refractivity (Wildman–Crippen MR) is 99.3 cm³/mol. The molecule has 1 aliphatic rings. The minimum absolute atomic E-state index is 0. The van der Waals surface area contributed by atoms with Crippen molar-refractivity contribution in [3.05, 3.63) is 47.7 Å². The molecule has 0 amide bonds. The highest BCUT2D eigenvalue weighted by molar-refractivity contribution is 5.89. The van der Waals surface area contributed by atoms with Gasteiger partial charge in [0.1, 0.15) is 6.07 Å². The summed E-state index contributed by atoms with van der Waals surface area (Å²) >= 11 is 0. The molecule has 1 aromatic carbocycles. The Balaban J connectivity index is 0.00000225. The number of carbonyl (C=O) groups is 1. The van der Waals surface area contributed by atoms with Crippen LogP contribution in [-0.4, -0.2) is 29.1 Å². The van der Waals surface area contributed by atoms with Crippen LogP contribution >= 0.6 is 12.4 Å². The van der Waals surface area contributed by atoms with Crippen molar-refractivity contribution in [1.29, 1.82) is 5.26 Å². The summed E-state index contributed by atoms with van der Waals surface area (Å²) in [6.45, 7) is 1.95. The van der Waals surface area contributed by atoms with E-state index in [4.69, 9.17) is 5.11 Å². The van der Waals surface area contributed by atoms with Crippen molar-refractivity contribution in [3.8, 4) is 17.3 Å². The van der Waals surface area contributed by atoms with E-state index in [0.29, 0.717) is 11.3 Å². The van der Waals surface area contributed by atoms with Crippen molar-refractivity contribution in [1.82, 2.24) is 4.98 Å². The molecule has 0 aliphatic carbocycles. The van der Waals surface area contributed by atoms with Crippen LogP contribution in [0.2, 0.25) is 0 Å². The average molecular weight is 358 g/mol. The first-order valence-corrected chi connectivity index (χ1v) is 8.18. The maximum absolute atomic E-state index is 11.1. The predicted octanol–water partition coefficient (Wildman–Crippen LogP) is 4.12. The highest BCUT2D eigenvalue weighted by Gasteiger charge is 2.15.